The molecule has 0 atom stereocenters. The fourth-order valence-electron chi connectivity index (χ4n) is 11.7. The lowest BCUT2D eigenvalue weighted by atomic mass is 9.43. The Hall–Kier alpha value is -4.30. The van der Waals surface area contributed by atoms with Gasteiger partial charge in [0.25, 0.3) is 0 Å². The Morgan fingerprint density at radius 1 is 1.02 bits per heavy atom. The van der Waals surface area contributed by atoms with Crippen LogP contribution in [0.25, 0.3) is 15.8 Å². The van der Waals surface area contributed by atoms with Gasteiger partial charge in [0.1, 0.15) is 23.8 Å². The lowest BCUT2D eigenvalue weighted by Crippen LogP contribution is -2.53. The number of para-hydroxylation sites is 1. The van der Waals surface area contributed by atoms with E-state index in [4.69, 9.17) is 21.0 Å². The molecule has 2 bridgehead atoms. The van der Waals surface area contributed by atoms with Crippen molar-refractivity contribution in [1.29, 1.82) is 5.41 Å². The van der Waals surface area contributed by atoms with Crippen LogP contribution in [-0.4, -0.2) is 80.0 Å². The average Bonchev–Trinajstić information content (AvgIpc) is 3.77. The van der Waals surface area contributed by atoms with Crippen molar-refractivity contribution in [2.45, 2.75) is 119 Å². The number of amidine groups is 2. The van der Waals surface area contributed by atoms with Crippen molar-refractivity contribution in [3.63, 3.8) is 0 Å². The molecule has 2 aliphatic heterocycles. The predicted molar refractivity (Wildman–Crippen MR) is 246 cm³/mol. The van der Waals surface area contributed by atoms with Crippen LogP contribution in [0.15, 0.2) is 76.5 Å². The smallest absolute Gasteiger partial charge is 0.212 e. The number of nitrogens with one attached hydrogen (secondary N) is 3. The minimum Gasteiger partial charge on any atom is -0.513 e. The van der Waals surface area contributed by atoms with Gasteiger partial charge in [-0.3, -0.25) is 10.1 Å². The highest BCUT2D eigenvalue weighted by atomic mass is 32.1. The maximum absolute atomic E-state index is 10.6. The standard InChI is InChI=1S/C46H65N9O2S.CH4O/c1-31(40(47)53-42-52-36-14-7-8-15-38(36)58-42)33-13-11-21-54(41(33)48)39-17-16-34(37(24-57)51-39)35-23-50-55(32(35)2)30-46-27-43(3,4)25-45(29-46,26-44(5,6)28-46)18-12-20-49-19-9-10-22-56;1-2/h7-8,14-17,23-24,48-49,51,56-57H,9-13,18-22,25-30H2,1-6H3,(H2,47,52,53);2H,1H3/b33-31-,37-24+,48-41?;. The van der Waals surface area contributed by atoms with Crippen molar-refractivity contribution in [2.75, 3.05) is 33.4 Å². The average molecular weight is 840 g/mol. The van der Waals surface area contributed by atoms with Gasteiger partial charge in [0.05, 0.1) is 22.1 Å². The number of nitrogens with two attached hydrogens (primary N) is 1. The van der Waals surface area contributed by atoms with E-state index in [1.165, 1.54) is 56.3 Å². The zero-order valence-corrected chi connectivity index (χ0v) is 37.8. The summed E-state index contributed by atoms with van der Waals surface area (Å²) in [6.45, 7) is 17.9. The van der Waals surface area contributed by atoms with Crippen LogP contribution in [0.5, 0.6) is 0 Å². The SMILES string of the molecule is CC(=C1\CCCN(C2=CC=C(c3cnn(CC45CC(C)(C)CC(CCCNCCCCO)(CC(C)(C)C4)C5)c3C)/C(=C\O)N2)C1=N)/C(N)=N\c1nc2ccccc2s1.CO. The van der Waals surface area contributed by atoms with Crippen molar-refractivity contribution in [3.8, 4) is 0 Å². The first-order valence-electron chi connectivity index (χ1n) is 21.7. The number of fused-ring (bicyclic) bond motifs is 3. The number of benzene rings is 1. The van der Waals surface area contributed by atoms with Gasteiger partial charge in [-0.15, -0.1) is 0 Å². The van der Waals surface area contributed by atoms with E-state index in [0.29, 0.717) is 34.5 Å². The largest absolute Gasteiger partial charge is 0.513 e. The molecule has 0 spiro atoms. The fourth-order valence-corrected chi connectivity index (χ4v) is 12.6. The van der Waals surface area contributed by atoms with E-state index >= 15 is 0 Å². The molecule has 4 aliphatic rings. The van der Waals surface area contributed by atoms with Crippen molar-refractivity contribution in [1.82, 2.24) is 30.3 Å². The summed E-state index contributed by atoms with van der Waals surface area (Å²) in [4.78, 5) is 11.2. The van der Waals surface area contributed by atoms with Gasteiger partial charge < -0.3 is 36.6 Å². The molecule has 2 aliphatic carbocycles. The topological polar surface area (TPSA) is 181 Å². The molecule has 0 radical (unpaired) electrons. The number of thiazole rings is 1. The number of hydrogen-bond acceptors (Lipinski definition) is 10. The molecule has 12 nitrogen and oxygen atoms in total. The quantitative estimate of drug-likeness (QED) is 0.0361. The summed E-state index contributed by atoms with van der Waals surface area (Å²) >= 11 is 1.50. The van der Waals surface area contributed by atoms with E-state index < -0.39 is 0 Å². The molecule has 13 heteroatoms. The highest BCUT2D eigenvalue weighted by Crippen LogP contribution is 2.67. The zero-order chi connectivity index (χ0) is 43.3. The van der Waals surface area contributed by atoms with E-state index in [9.17, 15) is 10.5 Å². The Balaban J connectivity index is 0.00000297. The molecule has 4 heterocycles. The molecule has 326 valence electrons. The van der Waals surface area contributed by atoms with Crippen molar-refractivity contribution >= 4 is 43.9 Å². The number of allylic oxidation sites excluding steroid dienone is 3. The normalized spacial score (nSPS) is 25.4. The summed E-state index contributed by atoms with van der Waals surface area (Å²) in [6, 6.07) is 7.95. The van der Waals surface area contributed by atoms with E-state index in [1.54, 1.807) is 0 Å². The molecule has 7 rings (SSSR count). The molecule has 0 amide bonds. The number of aliphatic hydroxyl groups excluding tert-OH is 3. The van der Waals surface area contributed by atoms with Crippen LogP contribution < -0.4 is 16.4 Å². The van der Waals surface area contributed by atoms with Gasteiger partial charge in [-0.05, 0) is 149 Å². The summed E-state index contributed by atoms with van der Waals surface area (Å²) in [5, 5.41) is 48.8. The number of nitrogens with zero attached hydrogens (tertiary/aromatic N) is 5. The monoisotopic (exact) mass is 840 g/mol. The Labute approximate surface area is 361 Å². The Kier molecular flexibility index (Phi) is 14.1. The second kappa shape index (κ2) is 18.8. The van der Waals surface area contributed by atoms with Crippen molar-refractivity contribution < 1.29 is 15.3 Å². The van der Waals surface area contributed by atoms with E-state index in [1.807, 2.05) is 54.4 Å². The summed E-state index contributed by atoms with van der Waals surface area (Å²) in [5.41, 5.74) is 13.6. The molecule has 8 N–H and O–H groups in total. The molecule has 3 aromatic rings. The van der Waals surface area contributed by atoms with Crippen LogP contribution in [0.3, 0.4) is 0 Å². The second-order valence-corrected chi connectivity index (χ2v) is 20.3. The highest BCUT2D eigenvalue weighted by molar-refractivity contribution is 7.22. The summed E-state index contributed by atoms with van der Waals surface area (Å²) in [5.74, 6) is 1.48. The lowest BCUT2D eigenvalue weighted by Gasteiger charge is -2.62. The van der Waals surface area contributed by atoms with Crippen LogP contribution in [0.4, 0.5) is 5.13 Å². The second-order valence-electron chi connectivity index (χ2n) is 19.3. The van der Waals surface area contributed by atoms with Gasteiger partial charge in [-0.2, -0.15) is 5.10 Å². The molecule has 0 unspecified atom stereocenters. The number of likely N-dealkylation sites (tertiary alicyclic amines) is 1. The number of piperidine rings is 1. The number of aliphatic imine (C=N–C) groups is 1. The van der Waals surface area contributed by atoms with Crippen LogP contribution >= 0.6 is 11.3 Å². The Morgan fingerprint density at radius 3 is 2.42 bits per heavy atom. The van der Waals surface area contributed by atoms with Gasteiger partial charge in [0, 0.05) is 49.2 Å². The minimum absolute atomic E-state index is 0.147. The third-order valence-electron chi connectivity index (χ3n) is 12.9. The van der Waals surface area contributed by atoms with Crippen LogP contribution in [0.1, 0.15) is 117 Å². The van der Waals surface area contributed by atoms with Gasteiger partial charge in [0.2, 0.25) is 5.13 Å². The molecular weight excluding hydrogens is 771 g/mol. The number of hydrogen-bond donors (Lipinski definition) is 7. The molecule has 60 heavy (non-hydrogen) atoms. The number of unbranched alkanes of at least 4 members (excludes halogenated alkanes) is 1. The fraction of sp³-hybridized carbons (Fsp3) is 0.574. The van der Waals surface area contributed by atoms with Gasteiger partial charge in [-0.25, -0.2) is 9.98 Å². The third kappa shape index (κ3) is 10.1. The van der Waals surface area contributed by atoms with Crippen LogP contribution in [0, 0.1) is 34.0 Å². The number of dihydropyridines is 1. The molecule has 2 saturated carbocycles. The molecule has 3 fully saturated rings. The predicted octanol–water partition coefficient (Wildman–Crippen LogP) is 8.86. The summed E-state index contributed by atoms with van der Waals surface area (Å²) in [7, 11) is 1.00. The molecular formula is C47H69N9O3S. The van der Waals surface area contributed by atoms with Gasteiger partial charge in [0.15, 0.2) is 0 Å². The zero-order valence-electron chi connectivity index (χ0n) is 37.0. The van der Waals surface area contributed by atoms with Crippen molar-refractivity contribution in [3.05, 3.63) is 82.8 Å². The van der Waals surface area contributed by atoms with E-state index in [2.05, 4.69) is 59.9 Å². The third-order valence-corrected chi connectivity index (χ3v) is 13.9. The van der Waals surface area contributed by atoms with Gasteiger partial charge >= 0.3 is 0 Å². The first kappa shape index (κ1) is 45.2. The maximum atomic E-state index is 10.6. The molecule has 1 saturated heterocycles. The van der Waals surface area contributed by atoms with Crippen LogP contribution in [0.2, 0.25) is 0 Å². The van der Waals surface area contributed by atoms with Crippen LogP contribution in [-0.2, 0) is 6.54 Å². The number of rotatable bonds is 14. The Morgan fingerprint density at radius 2 is 1.72 bits per heavy atom. The first-order chi connectivity index (χ1) is 28.6. The van der Waals surface area contributed by atoms with E-state index in [0.717, 1.165) is 103 Å². The van der Waals surface area contributed by atoms with Crippen molar-refractivity contribution in [2.24, 2.45) is 32.4 Å². The maximum Gasteiger partial charge on any atom is 0.212 e. The summed E-state index contributed by atoms with van der Waals surface area (Å²) < 4.78 is 3.30. The minimum atomic E-state index is 0.147. The summed E-state index contributed by atoms with van der Waals surface area (Å²) in [6.07, 6.45) is 19.2. The molecule has 2 aromatic heterocycles. The molecule has 1 aromatic carbocycles. The first-order valence-corrected chi connectivity index (χ1v) is 22.6. The lowest BCUT2D eigenvalue weighted by molar-refractivity contribution is -0.122. The highest BCUT2D eigenvalue weighted by Gasteiger charge is 2.57. The number of aliphatic hydroxyl groups is 3. The number of aromatic nitrogens is 3. The Bertz CT molecular complexity index is 2120. The van der Waals surface area contributed by atoms with Gasteiger partial charge in [-0.1, -0.05) is 51.2 Å². The van der Waals surface area contributed by atoms with E-state index in [-0.39, 0.29) is 22.9 Å².